The second-order valence-electron chi connectivity index (χ2n) is 5.27. The molecule has 1 heterocycles. The Bertz CT molecular complexity index is 665. The quantitative estimate of drug-likeness (QED) is 0.731. The van der Waals surface area contributed by atoms with Crippen molar-refractivity contribution in [2.24, 2.45) is 0 Å². The Hall–Kier alpha value is -2.16. The van der Waals surface area contributed by atoms with Crippen LogP contribution in [0.2, 0.25) is 0 Å². The van der Waals surface area contributed by atoms with Crippen molar-refractivity contribution in [3.05, 3.63) is 47.5 Å². The van der Waals surface area contributed by atoms with Crippen LogP contribution in [0.25, 0.3) is 10.8 Å². The molecule has 1 fully saturated rings. The van der Waals surface area contributed by atoms with Crippen molar-refractivity contribution in [2.75, 3.05) is 0 Å². The first-order valence-electron chi connectivity index (χ1n) is 6.67. The molecule has 0 N–H and O–H groups in total. The molecule has 0 atom stereocenters. The molecule has 3 heteroatoms. The first-order valence-corrected chi connectivity index (χ1v) is 6.67. The smallest absolute Gasteiger partial charge is 0.261 e. The lowest BCUT2D eigenvalue weighted by Crippen LogP contribution is -2.49. The summed E-state index contributed by atoms with van der Waals surface area (Å²) in [6.07, 6.45) is 2.98. The number of imide groups is 1. The van der Waals surface area contributed by atoms with Gasteiger partial charge in [-0.1, -0.05) is 24.3 Å². The lowest BCUT2D eigenvalue weighted by atomic mass is 9.87. The average Bonchev–Trinajstić information content (AvgIpc) is 2.38. The standard InChI is InChI=1S/C16H13NO2/c18-15-12-8-1-4-10-5-2-9-13(14(10)12)16(19)17(15)11-6-3-7-11/h1-2,4-5,8-9,11H,3,6-7H2. The van der Waals surface area contributed by atoms with E-state index in [1.807, 2.05) is 36.4 Å². The van der Waals surface area contributed by atoms with E-state index in [4.69, 9.17) is 0 Å². The van der Waals surface area contributed by atoms with Crippen molar-refractivity contribution in [3.8, 4) is 0 Å². The summed E-state index contributed by atoms with van der Waals surface area (Å²) in [5.41, 5.74) is 1.33. The van der Waals surface area contributed by atoms with Gasteiger partial charge in [-0.25, -0.2) is 0 Å². The maximum Gasteiger partial charge on any atom is 0.261 e. The second kappa shape index (κ2) is 3.67. The van der Waals surface area contributed by atoms with E-state index in [-0.39, 0.29) is 17.9 Å². The summed E-state index contributed by atoms with van der Waals surface area (Å²) in [6, 6.07) is 11.4. The van der Waals surface area contributed by atoms with E-state index in [2.05, 4.69) is 0 Å². The Morgan fingerprint density at radius 1 is 0.895 bits per heavy atom. The Morgan fingerprint density at radius 3 is 1.95 bits per heavy atom. The van der Waals surface area contributed by atoms with Crippen molar-refractivity contribution in [2.45, 2.75) is 25.3 Å². The molecular formula is C16H13NO2. The average molecular weight is 251 g/mol. The van der Waals surface area contributed by atoms with Gasteiger partial charge in [0.15, 0.2) is 0 Å². The van der Waals surface area contributed by atoms with Crippen LogP contribution in [0.1, 0.15) is 40.0 Å². The van der Waals surface area contributed by atoms with E-state index in [0.717, 1.165) is 30.0 Å². The van der Waals surface area contributed by atoms with Gasteiger partial charge in [-0.05, 0) is 36.8 Å². The van der Waals surface area contributed by atoms with Crippen LogP contribution < -0.4 is 0 Å². The van der Waals surface area contributed by atoms with Gasteiger partial charge in [0, 0.05) is 22.6 Å². The van der Waals surface area contributed by atoms with Crippen LogP contribution in [0.4, 0.5) is 0 Å². The van der Waals surface area contributed by atoms with Crippen LogP contribution in [-0.2, 0) is 0 Å². The molecule has 0 radical (unpaired) electrons. The molecule has 19 heavy (non-hydrogen) atoms. The fourth-order valence-electron chi connectivity index (χ4n) is 3.03. The molecule has 94 valence electrons. The molecule has 0 unspecified atom stereocenters. The van der Waals surface area contributed by atoms with E-state index in [0.29, 0.717) is 11.1 Å². The molecule has 1 aliphatic heterocycles. The Morgan fingerprint density at radius 2 is 1.47 bits per heavy atom. The molecule has 3 nitrogen and oxygen atoms in total. The minimum Gasteiger partial charge on any atom is -0.271 e. The lowest BCUT2D eigenvalue weighted by Gasteiger charge is -2.38. The highest BCUT2D eigenvalue weighted by Gasteiger charge is 2.39. The van der Waals surface area contributed by atoms with Crippen molar-refractivity contribution < 1.29 is 9.59 Å². The van der Waals surface area contributed by atoms with Crippen molar-refractivity contribution in [1.29, 1.82) is 0 Å². The molecule has 1 aliphatic carbocycles. The monoisotopic (exact) mass is 251 g/mol. The summed E-state index contributed by atoms with van der Waals surface area (Å²) in [5.74, 6) is -0.252. The van der Waals surface area contributed by atoms with Gasteiger partial charge in [0.25, 0.3) is 11.8 Å². The van der Waals surface area contributed by atoms with Crippen LogP contribution in [0.3, 0.4) is 0 Å². The van der Waals surface area contributed by atoms with Gasteiger partial charge in [0.05, 0.1) is 0 Å². The van der Waals surface area contributed by atoms with Gasteiger partial charge in [0.1, 0.15) is 0 Å². The number of carbonyl (C=O) groups excluding carboxylic acids is 2. The van der Waals surface area contributed by atoms with Crippen molar-refractivity contribution in [3.63, 3.8) is 0 Å². The van der Waals surface area contributed by atoms with Crippen LogP contribution >= 0.6 is 0 Å². The number of amides is 2. The first-order chi connectivity index (χ1) is 9.27. The minimum atomic E-state index is -0.126. The molecule has 4 rings (SSSR count). The van der Waals surface area contributed by atoms with E-state index < -0.39 is 0 Å². The predicted molar refractivity (Wildman–Crippen MR) is 72.1 cm³/mol. The second-order valence-corrected chi connectivity index (χ2v) is 5.27. The summed E-state index contributed by atoms with van der Waals surface area (Å²) in [5, 5.41) is 1.78. The maximum absolute atomic E-state index is 12.6. The predicted octanol–water partition coefficient (Wildman–Crippen LogP) is 2.99. The molecule has 0 bridgehead atoms. The molecule has 0 spiro atoms. The number of benzene rings is 2. The number of nitrogens with zero attached hydrogens (tertiary/aromatic N) is 1. The van der Waals surface area contributed by atoms with Crippen LogP contribution in [0.5, 0.6) is 0 Å². The highest BCUT2D eigenvalue weighted by Crippen LogP contribution is 2.35. The first kappa shape index (κ1) is 10.7. The van der Waals surface area contributed by atoms with Crippen molar-refractivity contribution >= 4 is 22.6 Å². The zero-order chi connectivity index (χ0) is 13.0. The normalized spacial score (nSPS) is 18.8. The summed E-state index contributed by atoms with van der Waals surface area (Å²) in [7, 11) is 0. The largest absolute Gasteiger partial charge is 0.271 e. The topological polar surface area (TPSA) is 37.4 Å². The molecule has 2 amide bonds. The minimum absolute atomic E-state index is 0.101. The fourth-order valence-corrected chi connectivity index (χ4v) is 3.03. The molecule has 2 aromatic rings. The Kier molecular flexibility index (Phi) is 2.07. The number of hydrogen-bond donors (Lipinski definition) is 0. The third-order valence-corrected chi connectivity index (χ3v) is 4.24. The van der Waals surface area contributed by atoms with Gasteiger partial charge < -0.3 is 0 Å². The van der Waals surface area contributed by atoms with Crippen LogP contribution in [0.15, 0.2) is 36.4 Å². The van der Waals surface area contributed by atoms with Gasteiger partial charge in [-0.15, -0.1) is 0 Å². The molecule has 2 aromatic carbocycles. The highest BCUT2D eigenvalue weighted by molar-refractivity contribution is 6.25. The third-order valence-electron chi connectivity index (χ3n) is 4.24. The highest BCUT2D eigenvalue weighted by atomic mass is 16.2. The van der Waals surface area contributed by atoms with E-state index >= 15 is 0 Å². The zero-order valence-electron chi connectivity index (χ0n) is 10.4. The summed E-state index contributed by atoms with van der Waals surface area (Å²) in [6.45, 7) is 0. The SMILES string of the molecule is O=C1c2cccc3cccc(c23)C(=O)N1C1CCC1. The molecule has 2 aliphatic rings. The van der Waals surface area contributed by atoms with Gasteiger partial charge >= 0.3 is 0 Å². The van der Waals surface area contributed by atoms with E-state index in [1.165, 1.54) is 4.90 Å². The zero-order valence-corrected chi connectivity index (χ0v) is 10.4. The van der Waals surface area contributed by atoms with E-state index in [9.17, 15) is 9.59 Å². The van der Waals surface area contributed by atoms with Crippen LogP contribution in [-0.4, -0.2) is 22.8 Å². The Balaban J connectivity index is 1.99. The third kappa shape index (κ3) is 1.33. The van der Waals surface area contributed by atoms with E-state index in [1.54, 1.807) is 0 Å². The molecule has 0 saturated heterocycles. The lowest BCUT2D eigenvalue weighted by molar-refractivity contribution is 0.0459. The molecular weight excluding hydrogens is 238 g/mol. The number of carbonyl (C=O) groups is 2. The molecule has 1 saturated carbocycles. The fraction of sp³-hybridized carbons (Fsp3) is 0.250. The maximum atomic E-state index is 12.6. The van der Waals surface area contributed by atoms with Crippen LogP contribution in [0, 0.1) is 0 Å². The molecule has 0 aromatic heterocycles. The van der Waals surface area contributed by atoms with Gasteiger partial charge in [-0.2, -0.15) is 0 Å². The Labute approximate surface area is 110 Å². The summed E-state index contributed by atoms with van der Waals surface area (Å²) >= 11 is 0. The van der Waals surface area contributed by atoms with Crippen molar-refractivity contribution in [1.82, 2.24) is 4.90 Å². The van der Waals surface area contributed by atoms with Gasteiger partial charge in [-0.3, -0.25) is 14.5 Å². The summed E-state index contributed by atoms with van der Waals surface area (Å²) < 4.78 is 0. The number of hydrogen-bond acceptors (Lipinski definition) is 2. The number of rotatable bonds is 1. The summed E-state index contributed by atoms with van der Waals surface area (Å²) in [4.78, 5) is 26.6. The van der Waals surface area contributed by atoms with Gasteiger partial charge in [0.2, 0.25) is 0 Å².